The normalized spacial score (nSPS) is 30.3. The van der Waals surface area contributed by atoms with E-state index in [0.29, 0.717) is 0 Å². The summed E-state index contributed by atoms with van der Waals surface area (Å²) in [6.07, 6.45) is 3.20. The maximum absolute atomic E-state index is 5.69. The molecule has 0 aromatic heterocycles. The Morgan fingerprint density at radius 2 is 2.18 bits per heavy atom. The smallest absolute Gasteiger partial charge is 0.158 e. The largest absolute Gasteiger partial charge is 0.353 e. The van der Waals surface area contributed by atoms with Gasteiger partial charge in [-0.3, -0.25) is 0 Å². The molecule has 11 heavy (non-hydrogen) atoms. The van der Waals surface area contributed by atoms with E-state index >= 15 is 0 Å². The fourth-order valence-corrected chi connectivity index (χ4v) is 1.26. The van der Waals surface area contributed by atoms with Crippen LogP contribution < -0.4 is 0 Å². The number of hydrogen-bond acceptors (Lipinski definition) is 2. The van der Waals surface area contributed by atoms with E-state index in [1.165, 1.54) is 0 Å². The van der Waals surface area contributed by atoms with Crippen LogP contribution in [0.25, 0.3) is 0 Å². The van der Waals surface area contributed by atoms with Crippen molar-refractivity contribution in [1.29, 1.82) is 0 Å². The second-order valence-corrected chi connectivity index (χ2v) is 3.72. The lowest BCUT2D eigenvalue weighted by molar-refractivity contribution is -0.246. The molecule has 0 aromatic rings. The molecule has 0 amide bonds. The lowest BCUT2D eigenvalue weighted by atomic mass is 10.0. The van der Waals surface area contributed by atoms with Crippen LogP contribution in [-0.2, 0) is 9.47 Å². The highest BCUT2D eigenvalue weighted by atomic mass is 16.7. The van der Waals surface area contributed by atoms with Gasteiger partial charge in [0.25, 0.3) is 0 Å². The minimum Gasteiger partial charge on any atom is -0.353 e. The Morgan fingerprint density at radius 1 is 1.45 bits per heavy atom. The second kappa shape index (κ2) is 3.55. The molecule has 0 spiro atoms. The average molecular weight is 158 g/mol. The molecule has 0 unspecified atom stereocenters. The van der Waals surface area contributed by atoms with Crippen molar-refractivity contribution in [2.45, 2.75) is 51.9 Å². The number of hydrogen-bond donors (Lipinski definition) is 0. The van der Waals surface area contributed by atoms with Gasteiger partial charge < -0.3 is 9.47 Å². The third kappa shape index (κ3) is 2.80. The summed E-state index contributed by atoms with van der Waals surface area (Å²) in [6.45, 7) is 7.24. The van der Waals surface area contributed by atoms with Crippen molar-refractivity contribution < 1.29 is 9.47 Å². The average Bonchev–Trinajstić information content (AvgIpc) is 1.85. The van der Waals surface area contributed by atoms with E-state index in [4.69, 9.17) is 9.47 Å². The molecule has 2 nitrogen and oxygen atoms in total. The Balaban J connectivity index is 2.34. The van der Waals surface area contributed by atoms with E-state index in [1.807, 2.05) is 0 Å². The summed E-state index contributed by atoms with van der Waals surface area (Å²) in [5, 5.41) is 0. The molecule has 1 aliphatic rings. The summed E-state index contributed by atoms with van der Waals surface area (Å²) in [5.74, 6) is 0. The number of rotatable bonds is 2. The second-order valence-electron chi connectivity index (χ2n) is 3.72. The van der Waals surface area contributed by atoms with Gasteiger partial charge in [0.05, 0.1) is 12.2 Å². The Kier molecular flexibility index (Phi) is 2.90. The molecular formula is C9H18O2. The minimum atomic E-state index is 0.0259. The molecule has 1 rings (SSSR count). The van der Waals surface area contributed by atoms with Crippen molar-refractivity contribution in [2.75, 3.05) is 6.61 Å². The van der Waals surface area contributed by atoms with Crippen LogP contribution in [0.2, 0.25) is 0 Å². The van der Waals surface area contributed by atoms with Crippen LogP contribution in [-0.4, -0.2) is 18.5 Å². The van der Waals surface area contributed by atoms with Gasteiger partial charge in [0.1, 0.15) is 0 Å². The zero-order chi connectivity index (χ0) is 8.32. The summed E-state index contributed by atoms with van der Waals surface area (Å²) < 4.78 is 11.1. The van der Waals surface area contributed by atoms with Crippen LogP contribution in [0.4, 0.5) is 0 Å². The van der Waals surface area contributed by atoms with Crippen molar-refractivity contribution in [2.24, 2.45) is 0 Å². The molecule has 1 saturated heterocycles. The third-order valence-corrected chi connectivity index (χ3v) is 1.98. The van der Waals surface area contributed by atoms with Gasteiger partial charge in [0.15, 0.2) is 6.29 Å². The predicted octanol–water partition coefficient (Wildman–Crippen LogP) is 2.33. The van der Waals surface area contributed by atoms with E-state index in [2.05, 4.69) is 20.8 Å². The van der Waals surface area contributed by atoms with Gasteiger partial charge in [-0.05, 0) is 26.7 Å². The first-order valence-electron chi connectivity index (χ1n) is 4.43. The zero-order valence-electron chi connectivity index (χ0n) is 7.72. The molecule has 1 atom stereocenters. The predicted molar refractivity (Wildman–Crippen MR) is 44.4 cm³/mol. The summed E-state index contributed by atoms with van der Waals surface area (Å²) in [7, 11) is 0. The Bertz CT molecular complexity index is 119. The monoisotopic (exact) mass is 158 g/mol. The van der Waals surface area contributed by atoms with Gasteiger partial charge in [-0.25, -0.2) is 0 Å². The number of ether oxygens (including phenoxy) is 2. The molecule has 1 fully saturated rings. The molecule has 1 heterocycles. The van der Waals surface area contributed by atoms with Gasteiger partial charge in [-0.2, -0.15) is 0 Å². The molecule has 0 aromatic carbocycles. The van der Waals surface area contributed by atoms with Gasteiger partial charge in [-0.1, -0.05) is 13.3 Å². The van der Waals surface area contributed by atoms with E-state index in [-0.39, 0.29) is 11.9 Å². The standard InChI is InChI=1S/C9H18O2/c1-4-5-8-10-7-6-9(2,3)11-8/h8H,4-7H2,1-3H3/t8-/m0/s1. The molecule has 0 aliphatic carbocycles. The van der Waals surface area contributed by atoms with E-state index in [9.17, 15) is 0 Å². The topological polar surface area (TPSA) is 18.5 Å². The maximum Gasteiger partial charge on any atom is 0.158 e. The minimum absolute atomic E-state index is 0.0259. The first-order valence-corrected chi connectivity index (χ1v) is 4.43. The van der Waals surface area contributed by atoms with Crippen molar-refractivity contribution >= 4 is 0 Å². The zero-order valence-corrected chi connectivity index (χ0v) is 7.72. The Morgan fingerprint density at radius 3 is 2.73 bits per heavy atom. The van der Waals surface area contributed by atoms with Crippen LogP contribution in [0.3, 0.4) is 0 Å². The summed E-state index contributed by atoms with van der Waals surface area (Å²) in [6, 6.07) is 0. The van der Waals surface area contributed by atoms with Crippen molar-refractivity contribution in [3.05, 3.63) is 0 Å². The van der Waals surface area contributed by atoms with Crippen molar-refractivity contribution in [3.63, 3.8) is 0 Å². The molecule has 66 valence electrons. The van der Waals surface area contributed by atoms with E-state index in [0.717, 1.165) is 25.9 Å². The van der Waals surface area contributed by atoms with Crippen LogP contribution >= 0.6 is 0 Å². The van der Waals surface area contributed by atoms with Gasteiger partial charge in [-0.15, -0.1) is 0 Å². The van der Waals surface area contributed by atoms with Crippen LogP contribution in [0.1, 0.15) is 40.0 Å². The van der Waals surface area contributed by atoms with E-state index < -0.39 is 0 Å². The molecule has 0 N–H and O–H groups in total. The van der Waals surface area contributed by atoms with Crippen molar-refractivity contribution in [1.82, 2.24) is 0 Å². The van der Waals surface area contributed by atoms with Crippen molar-refractivity contribution in [3.8, 4) is 0 Å². The van der Waals surface area contributed by atoms with Crippen LogP contribution in [0, 0.1) is 0 Å². The first-order chi connectivity index (χ1) is 5.14. The highest BCUT2D eigenvalue weighted by Crippen LogP contribution is 2.24. The summed E-state index contributed by atoms with van der Waals surface area (Å²) in [5.41, 5.74) is 0.0259. The molecule has 0 bridgehead atoms. The van der Waals surface area contributed by atoms with Crippen LogP contribution in [0.15, 0.2) is 0 Å². The quantitative estimate of drug-likeness (QED) is 0.614. The molecular weight excluding hydrogens is 140 g/mol. The Hall–Kier alpha value is -0.0800. The molecule has 1 aliphatic heterocycles. The molecule has 0 radical (unpaired) electrons. The highest BCUT2D eigenvalue weighted by molar-refractivity contribution is 4.72. The van der Waals surface area contributed by atoms with Crippen LogP contribution in [0.5, 0.6) is 0 Å². The Labute approximate surface area is 68.9 Å². The van der Waals surface area contributed by atoms with Gasteiger partial charge in [0.2, 0.25) is 0 Å². The fraction of sp³-hybridized carbons (Fsp3) is 1.00. The fourth-order valence-electron chi connectivity index (χ4n) is 1.26. The highest BCUT2D eigenvalue weighted by Gasteiger charge is 2.28. The van der Waals surface area contributed by atoms with Gasteiger partial charge in [0, 0.05) is 0 Å². The first kappa shape index (κ1) is 9.01. The lowest BCUT2D eigenvalue weighted by Gasteiger charge is -2.35. The lowest BCUT2D eigenvalue weighted by Crippen LogP contribution is -2.38. The molecule has 0 saturated carbocycles. The third-order valence-electron chi connectivity index (χ3n) is 1.98. The van der Waals surface area contributed by atoms with Gasteiger partial charge >= 0.3 is 0 Å². The van der Waals surface area contributed by atoms with E-state index in [1.54, 1.807) is 0 Å². The summed E-state index contributed by atoms with van der Waals surface area (Å²) in [4.78, 5) is 0. The SMILES string of the molecule is CCC[C@H]1OCCC(C)(C)O1. The maximum atomic E-state index is 5.69. The summed E-state index contributed by atoms with van der Waals surface area (Å²) >= 11 is 0. The molecule has 2 heteroatoms.